The zero-order chi connectivity index (χ0) is 18.9. The Morgan fingerprint density at radius 2 is 2.14 bits per heavy atom. The van der Waals surface area contributed by atoms with Gasteiger partial charge in [0.2, 0.25) is 5.91 Å². The van der Waals surface area contributed by atoms with E-state index in [1.54, 1.807) is 0 Å². The van der Waals surface area contributed by atoms with E-state index >= 15 is 0 Å². The van der Waals surface area contributed by atoms with Crippen LogP contribution in [0, 0.1) is 0 Å². The molecule has 5 heteroatoms. The van der Waals surface area contributed by atoms with Crippen LogP contribution in [0.25, 0.3) is 11.0 Å². The van der Waals surface area contributed by atoms with Gasteiger partial charge >= 0.3 is 0 Å². The minimum atomic E-state index is 0.0575. The van der Waals surface area contributed by atoms with Gasteiger partial charge in [-0.15, -0.1) is 0 Å². The second-order valence-corrected chi connectivity index (χ2v) is 7.78. The van der Waals surface area contributed by atoms with Crippen LogP contribution < -0.4 is 4.74 Å². The third kappa shape index (κ3) is 3.26. The fourth-order valence-corrected chi connectivity index (χ4v) is 4.44. The Kier molecular flexibility index (Phi) is 4.51. The van der Waals surface area contributed by atoms with Gasteiger partial charge in [0, 0.05) is 19.4 Å². The minimum absolute atomic E-state index is 0.0575. The number of nitrogens with one attached hydrogen (secondary N) is 1. The van der Waals surface area contributed by atoms with Crippen molar-refractivity contribution in [3.63, 3.8) is 0 Å². The molecule has 3 heterocycles. The molecular formula is C23H25N3O2. The number of fused-ring (bicyclic) bond motifs is 2. The van der Waals surface area contributed by atoms with E-state index < -0.39 is 0 Å². The molecule has 0 spiro atoms. The quantitative estimate of drug-likeness (QED) is 0.744. The van der Waals surface area contributed by atoms with Crippen LogP contribution in [-0.4, -0.2) is 33.9 Å². The number of aromatic nitrogens is 2. The summed E-state index contributed by atoms with van der Waals surface area (Å²) < 4.78 is 5.58. The molecule has 144 valence electrons. The molecule has 3 aromatic rings. The van der Waals surface area contributed by atoms with Crippen LogP contribution in [0.15, 0.2) is 42.5 Å². The summed E-state index contributed by atoms with van der Waals surface area (Å²) in [6, 6.07) is 14.4. The van der Waals surface area contributed by atoms with Gasteiger partial charge in [-0.05, 0) is 55.0 Å². The van der Waals surface area contributed by atoms with Gasteiger partial charge in [-0.1, -0.05) is 24.3 Å². The fourth-order valence-electron chi connectivity index (χ4n) is 4.44. The van der Waals surface area contributed by atoms with E-state index in [0.29, 0.717) is 6.42 Å². The summed E-state index contributed by atoms with van der Waals surface area (Å²) >= 11 is 0. The summed E-state index contributed by atoms with van der Waals surface area (Å²) in [4.78, 5) is 23.3. The lowest BCUT2D eigenvalue weighted by Crippen LogP contribution is -2.39. The Bertz CT molecular complexity index is 977. The number of para-hydroxylation sites is 2. The second kappa shape index (κ2) is 7.30. The first-order valence-electron chi connectivity index (χ1n) is 10.3. The number of amides is 1. The first-order chi connectivity index (χ1) is 13.8. The number of H-pyrrole nitrogens is 1. The molecule has 1 amide bonds. The highest BCUT2D eigenvalue weighted by Crippen LogP contribution is 2.31. The van der Waals surface area contributed by atoms with Crippen molar-refractivity contribution in [1.29, 1.82) is 0 Å². The number of benzene rings is 2. The zero-order valence-electron chi connectivity index (χ0n) is 16.0. The van der Waals surface area contributed by atoms with Crippen LogP contribution in [0.4, 0.5) is 0 Å². The third-order valence-corrected chi connectivity index (χ3v) is 5.93. The lowest BCUT2D eigenvalue weighted by atomic mass is 9.99. The van der Waals surface area contributed by atoms with E-state index in [0.717, 1.165) is 67.9 Å². The van der Waals surface area contributed by atoms with Crippen LogP contribution >= 0.6 is 0 Å². The minimum Gasteiger partial charge on any atom is -0.493 e. The van der Waals surface area contributed by atoms with Crippen LogP contribution in [0.1, 0.15) is 48.7 Å². The molecule has 2 aliphatic rings. The molecule has 5 nitrogen and oxygen atoms in total. The number of piperidine rings is 1. The maximum absolute atomic E-state index is 13.1. The molecule has 0 bridgehead atoms. The van der Waals surface area contributed by atoms with Crippen LogP contribution in [-0.2, 0) is 17.6 Å². The molecule has 0 aliphatic carbocycles. The van der Waals surface area contributed by atoms with E-state index in [-0.39, 0.29) is 11.9 Å². The maximum atomic E-state index is 13.1. The van der Waals surface area contributed by atoms with Gasteiger partial charge < -0.3 is 14.6 Å². The summed E-state index contributed by atoms with van der Waals surface area (Å²) in [5, 5.41) is 0. The summed E-state index contributed by atoms with van der Waals surface area (Å²) in [6.07, 6.45) is 5.46. The van der Waals surface area contributed by atoms with E-state index in [1.807, 2.05) is 35.2 Å². The van der Waals surface area contributed by atoms with Gasteiger partial charge in [-0.25, -0.2) is 4.98 Å². The number of nitrogens with zero attached hydrogens (tertiary/aromatic N) is 2. The highest BCUT2D eigenvalue weighted by molar-refractivity contribution is 5.78. The van der Waals surface area contributed by atoms with Crippen LogP contribution in [0.3, 0.4) is 0 Å². The topological polar surface area (TPSA) is 58.2 Å². The lowest BCUT2D eigenvalue weighted by molar-refractivity contribution is -0.135. The van der Waals surface area contributed by atoms with E-state index in [2.05, 4.69) is 17.1 Å². The maximum Gasteiger partial charge on any atom is 0.223 e. The summed E-state index contributed by atoms with van der Waals surface area (Å²) in [6.45, 7) is 1.59. The zero-order valence-corrected chi connectivity index (χ0v) is 16.0. The van der Waals surface area contributed by atoms with Gasteiger partial charge in [0.1, 0.15) is 11.6 Å². The van der Waals surface area contributed by atoms with Crippen molar-refractivity contribution in [2.45, 2.75) is 44.6 Å². The number of hydrogen-bond donors (Lipinski definition) is 1. The van der Waals surface area contributed by atoms with E-state index in [1.165, 1.54) is 11.1 Å². The van der Waals surface area contributed by atoms with E-state index in [4.69, 9.17) is 9.72 Å². The predicted octanol–water partition coefficient (Wildman–Crippen LogP) is 4.18. The number of imidazole rings is 1. The van der Waals surface area contributed by atoms with E-state index in [9.17, 15) is 4.79 Å². The molecule has 0 saturated carbocycles. The number of rotatable bonds is 4. The number of likely N-dealkylation sites (tertiary alicyclic amines) is 1. The Morgan fingerprint density at radius 1 is 1.21 bits per heavy atom. The number of carbonyl (C=O) groups excluding carboxylic acids is 1. The molecule has 28 heavy (non-hydrogen) atoms. The number of carbonyl (C=O) groups is 1. The van der Waals surface area contributed by atoms with Crippen LogP contribution in [0.5, 0.6) is 5.75 Å². The predicted molar refractivity (Wildman–Crippen MR) is 108 cm³/mol. The second-order valence-electron chi connectivity index (χ2n) is 7.78. The molecular weight excluding hydrogens is 350 g/mol. The molecule has 1 fully saturated rings. The monoisotopic (exact) mass is 375 g/mol. The number of aromatic amines is 1. The van der Waals surface area contributed by atoms with Crippen molar-refractivity contribution < 1.29 is 9.53 Å². The summed E-state index contributed by atoms with van der Waals surface area (Å²) in [5.41, 5.74) is 4.49. The van der Waals surface area contributed by atoms with Crippen molar-refractivity contribution in [3.05, 3.63) is 59.4 Å². The van der Waals surface area contributed by atoms with Crippen molar-refractivity contribution in [2.75, 3.05) is 13.2 Å². The van der Waals surface area contributed by atoms with Gasteiger partial charge in [-0.2, -0.15) is 0 Å². The highest BCUT2D eigenvalue weighted by Gasteiger charge is 2.30. The van der Waals surface area contributed by atoms with Crippen molar-refractivity contribution in [3.8, 4) is 5.75 Å². The Morgan fingerprint density at radius 3 is 3.07 bits per heavy atom. The molecule has 5 rings (SSSR count). The van der Waals surface area contributed by atoms with Gasteiger partial charge in [0.05, 0.1) is 23.7 Å². The standard InChI is InChI=1S/C23H25N3O2/c27-22(11-9-16-8-10-21-17(15-16)12-14-28-21)26-13-4-3-7-20(26)23-24-18-5-1-2-6-19(18)25-23/h1-2,5-6,8,10,15,20H,3-4,7,9,11-14H2,(H,24,25)/t20-/m0/s1. The Balaban J connectivity index is 1.30. The SMILES string of the molecule is O=C(CCc1ccc2c(c1)CCO2)N1CCCC[C@H]1c1nc2ccccc2[nH]1. The van der Waals surface area contributed by atoms with Gasteiger partial charge in [0.15, 0.2) is 0 Å². The molecule has 2 aromatic carbocycles. The average molecular weight is 375 g/mol. The third-order valence-electron chi connectivity index (χ3n) is 5.93. The molecule has 1 saturated heterocycles. The average Bonchev–Trinajstić information content (AvgIpc) is 3.38. The first-order valence-corrected chi connectivity index (χ1v) is 10.3. The molecule has 1 N–H and O–H groups in total. The largest absolute Gasteiger partial charge is 0.493 e. The smallest absolute Gasteiger partial charge is 0.223 e. The van der Waals surface area contributed by atoms with Crippen molar-refractivity contribution >= 4 is 16.9 Å². The van der Waals surface area contributed by atoms with Crippen molar-refractivity contribution in [1.82, 2.24) is 14.9 Å². The van der Waals surface area contributed by atoms with Gasteiger partial charge in [-0.3, -0.25) is 4.79 Å². The summed E-state index contributed by atoms with van der Waals surface area (Å²) in [7, 11) is 0. The molecule has 0 radical (unpaired) electrons. The lowest BCUT2D eigenvalue weighted by Gasteiger charge is -2.34. The normalized spacial score (nSPS) is 18.9. The molecule has 0 unspecified atom stereocenters. The summed E-state index contributed by atoms with van der Waals surface area (Å²) in [5.74, 6) is 2.14. The fraction of sp³-hybridized carbons (Fsp3) is 0.391. The number of hydrogen-bond acceptors (Lipinski definition) is 3. The number of aryl methyl sites for hydroxylation is 1. The Labute approximate surface area is 164 Å². The molecule has 1 aromatic heterocycles. The van der Waals surface area contributed by atoms with Crippen LogP contribution in [0.2, 0.25) is 0 Å². The molecule has 2 aliphatic heterocycles. The highest BCUT2D eigenvalue weighted by atomic mass is 16.5. The Hall–Kier alpha value is -2.82. The number of ether oxygens (including phenoxy) is 1. The van der Waals surface area contributed by atoms with Crippen molar-refractivity contribution in [2.24, 2.45) is 0 Å². The first kappa shape index (κ1) is 17.3. The van der Waals surface area contributed by atoms with Gasteiger partial charge in [0.25, 0.3) is 0 Å². The molecule has 1 atom stereocenters.